The number of anilines is 2. The van der Waals surface area contributed by atoms with E-state index in [1.54, 1.807) is 12.1 Å². The number of benzene rings is 1. The second-order valence-corrected chi connectivity index (χ2v) is 8.47. The average Bonchev–Trinajstić information content (AvgIpc) is 3.10. The Labute approximate surface area is 175 Å². The molecule has 3 heterocycles. The molecule has 2 N–H and O–H groups in total. The molecule has 0 saturated carbocycles. The molecule has 3 aliphatic rings. The van der Waals surface area contributed by atoms with Gasteiger partial charge in [-0.15, -0.1) is 0 Å². The molecule has 0 spiro atoms. The summed E-state index contributed by atoms with van der Waals surface area (Å²) < 4.78 is 11.2. The number of nitrogens with one attached hydrogen (secondary N) is 2. The molecule has 0 aromatic heterocycles. The van der Waals surface area contributed by atoms with Crippen molar-refractivity contribution in [3.63, 3.8) is 0 Å². The van der Waals surface area contributed by atoms with Crippen molar-refractivity contribution in [3.05, 3.63) is 17.2 Å². The van der Waals surface area contributed by atoms with Crippen molar-refractivity contribution in [2.24, 2.45) is 0 Å². The summed E-state index contributed by atoms with van der Waals surface area (Å²) in [4.78, 5) is 28.7. The molecule has 2 fully saturated rings. The molecule has 3 unspecified atom stereocenters. The maximum atomic E-state index is 13.0. The molecule has 8 nitrogen and oxygen atoms in total. The highest BCUT2D eigenvalue weighted by Gasteiger charge is 2.33. The van der Waals surface area contributed by atoms with Gasteiger partial charge in [-0.25, -0.2) is 4.79 Å². The number of fused-ring (bicyclic) bond motifs is 1. The Kier molecular flexibility index (Phi) is 5.85. The minimum atomic E-state index is -0.225. The van der Waals surface area contributed by atoms with E-state index in [2.05, 4.69) is 29.4 Å². The zero-order valence-electron chi connectivity index (χ0n) is 16.7. The number of carbonyl (C=O) groups excluding carboxylic acids is 2. The van der Waals surface area contributed by atoms with E-state index in [0.29, 0.717) is 22.1 Å². The van der Waals surface area contributed by atoms with E-state index in [-0.39, 0.29) is 36.8 Å². The number of nitrogens with zero attached hydrogens (tertiary/aromatic N) is 2. The second-order valence-electron chi connectivity index (χ2n) is 8.06. The highest BCUT2D eigenvalue weighted by atomic mass is 35.5. The third-order valence-electron chi connectivity index (χ3n) is 5.55. The van der Waals surface area contributed by atoms with Crippen LogP contribution in [0.5, 0.6) is 5.75 Å². The number of rotatable bonds is 3. The molecular formula is C20H27ClN4O4. The lowest BCUT2D eigenvalue weighted by Crippen LogP contribution is -2.51. The number of ether oxygens (including phenoxy) is 2. The molecule has 2 saturated heterocycles. The Balaban J connectivity index is 1.42. The minimum absolute atomic E-state index is 0.0490. The van der Waals surface area contributed by atoms with E-state index >= 15 is 0 Å². The highest BCUT2D eigenvalue weighted by molar-refractivity contribution is 6.34. The fraction of sp³-hybridized carbons (Fsp3) is 0.600. The first-order chi connectivity index (χ1) is 13.9. The highest BCUT2D eigenvalue weighted by Crippen LogP contribution is 2.36. The molecule has 3 aliphatic heterocycles. The lowest BCUT2D eigenvalue weighted by atomic mass is 10.1. The van der Waals surface area contributed by atoms with Gasteiger partial charge in [0, 0.05) is 38.3 Å². The molecule has 4 rings (SSSR count). The van der Waals surface area contributed by atoms with Crippen LogP contribution in [0.25, 0.3) is 0 Å². The van der Waals surface area contributed by atoms with Crippen molar-refractivity contribution in [2.45, 2.75) is 44.9 Å². The third-order valence-corrected chi connectivity index (χ3v) is 5.86. The lowest BCUT2D eigenvalue weighted by molar-refractivity contribution is -0.118. The molecular weight excluding hydrogens is 396 g/mol. The van der Waals surface area contributed by atoms with Crippen LogP contribution >= 0.6 is 11.6 Å². The number of likely N-dealkylation sites (tertiary alicyclic amines) is 1. The number of carbonyl (C=O) groups is 2. The van der Waals surface area contributed by atoms with Crippen molar-refractivity contribution in [1.82, 2.24) is 9.80 Å². The molecule has 0 bridgehead atoms. The minimum Gasteiger partial charge on any atom is -0.482 e. The Hall–Kier alpha value is -2.03. The Bertz CT molecular complexity index is 795. The molecule has 0 radical (unpaired) electrons. The smallest absolute Gasteiger partial charge is 0.322 e. The van der Waals surface area contributed by atoms with Crippen LogP contribution in [0.4, 0.5) is 16.2 Å². The van der Waals surface area contributed by atoms with Gasteiger partial charge in [0.1, 0.15) is 5.75 Å². The molecule has 3 atom stereocenters. The second kappa shape index (κ2) is 8.38. The fourth-order valence-corrected chi connectivity index (χ4v) is 4.62. The molecule has 0 aliphatic carbocycles. The van der Waals surface area contributed by atoms with Crippen LogP contribution in [-0.4, -0.2) is 72.8 Å². The van der Waals surface area contributed by atoms with Gasteiger partial charge in [0.25, 0.3) is 5.91 Å². The van der Waals surface area contributed by atoms with Crippen molar-refractivity contribution in [2.75, 3.05) is 43.4 Å². The first-order valence-electron chi connectivity index (χ1n) is 10.1. The van der Waals surface area contributed by atoms with Crippen LogP contribution in [0, 0.1) is 0 Å². The fourth-order valence-electron chi connectivity index (χ4n) is 4.41. The van der Waals surface area contributed by atoms with Crippen LogP contribution in [0.3, 0.4) is 0 Å². The number of amides is 3. The van der Waals surface area contributed by atoms with Crippen LogP contribution < -0.4 is 15.4 Å². The van der Waals surface area contributed by atoms with Gasteiger partial charge >= 0.3 is 6.03 Å². The maximum Gasteiger partial charge on any atom is 0.322 e. The van der Waals surface area contributed by atoms with Gasteiger partial charge in [0.2, 0.25) is 0 Å². The van der Waals surface area contributed by atoms with Crippen molar-refractivity contribution >= 4 is 34.9 Å². The normalized spacial score (nSPS) is 27.2. The standard InChI is InChI=1S/C20H27ClN4O4/c1-12-8-24(9-13(2)29-12)10-14-4-3-5-25(14)20(27)23-16-7-18-17(6-15(16)21)22-19(26)11-28-18/h6-7,12-14H,3-5,8-11H2,1-2H3,(H,22,26)(H,23,27). The summed E-state index contributed by atoms with van der Waals surface area (Å²) >= 11 is 6.32. The van der Waals surface area contributed by atoms with Crippen molar-refractivity contribution < 1.29 is 19.1 Å². The molecule has 3 amide bonds. The largest absolute Gasteiger partial charge is 0.482 e. The van der Waals surface area contributed by atoms with Gasteiger partial charge in [0.15, 0.2) is 6.61 Å². The number of hydrogen-bond donors (Lipinski definition) is 2. The Morgan fingerprint density at radius 3 is 2.83 bits per heavy atom. The topological polar surface area (TPSA) is 83.1 Å². The van der Waals surface area contributed by atoms with E-state index in [9.17, 15) is 9.59 Å². The third kappa shape index (κ3) is 4.60. The monoisotopic (exact) mass is 422 g/mol. The van der Waals surface area contributed by atoms with Crippen LogP contribution in [0.1, 0.15) is 26.7 Å². The van der Waals surface area contributed by atoms with E-state index in [1.807, 2.05) is 4.90 Å². The zero-order chi connectivity index (χ0) is 20.5. The average molecular weight is 423 g/mol. The summed E-state index contributed by atoms with van der Waals surface area (Å²) in [5, 5.41) is 5.98. The Morgan fingerprint density at radius 1 is 1.31 bits per heavy atom. The van der Waals surface area contributed by atoms with Crippen LogP contribution in [0.2, 0.25) is 5.02 Å². The first-order valence-corrected chi connectivity index (χ1v) is 10.5. The molecule has 9 heteroatoms. The number of hydrogen-bond acceptors (Lipinski definition) is 5. The maximum absolute atomic E-state index is 13.0. The molecule has 1 aromatic carbocycles. The number of morpholine rings is 1. The number of halogens is 1. The SMILES string of the molecule is CC1CN(CC2CCCN2C(=O)Nc2cc3c(cc2Cl)NC(=O)CO3)CC(C)O1. The molecule has 158 valence electrons. The summed E-state index contributed by atoms with van der Waals surface area (Å²) in [5.41, 5.74) is 0.990. The van der Waals surface area contributed by atoms with Crippen LogP contribution in [0.15, 0.2) is 12.1 Å². The number of urea groups is 1. The summed E-state index contributed by atoms with van der Waals surface area (Å²) in [5.74, 6) is 0.274. The van der Waals surface area contributed by atoms with Gasteiger partial charge in [-0.1, -0.05) is 11.6 Å². The van der Waals surface area contributed by atoms with Crippen molar-refractivity contribution in [3.8, 4) is 5.75 Å². The first kappa shape index (κ1) is 20.3. The van der Waals surface area contributed by atoms with Gasteiger partial charge in [-0.3, -0.25) is 9.69 Å². The van der Waals surface area contributed by atoms with Gasteiger partial charge in [0.05, 0.1) is 28.6 Å². The molecule has 29 heavy (non-hydrogen) atoms. The predicted octanol–water partition coefficient (Wildman–Crippen LogP) is 2.78. The lowest BCUT2D eigenvalue weighted by Gasteiger charge is -2.38. The quantitative estimate of drug-likeness (QED) is 0.782. The summed E-state index contributed by atoms with van der Waals surface area (Å²) in [6.45, 7) is 7.47. The summed E-state index contributed by atoms with van der Waals surface area (Å²) in [6, 6.07) is 3.26. The Morgan fingerprint density at radius 2 is 2.07 bits per heavy atom. The van der Waals surface area contributed by atoms with E-state index < -0.39 is 0 Å². The predicted molar refractivity (Wildman–Crippen MR) is 111 cm³/mol. The van der Waals surface area contributed by atoms with Crippen LogP contribution in [-0.2, 0) is 9.53 Å². The van der Waals surface area contributed by atoms with Gasteiger partial charge in [-0.2, -0.15) is 0 Å². The van der Waals surface area contributed by atoms with E-state index in [1.165, 1.54) is 0 Å². The van der Waals surface area contributed by atoms with E-state index in [0.717, 1.165) is 39.0 Å². The summed E-state index contributed by atoms with van der Waals surface area (Å²) in [6.07, 6.45) is 2.38. The summed E-state index contributed by atoms with van der Waals surface area (Å²) in [7, 11) is 0. The van der Waals surface area contributed by atoms with Gasteiger partial charge in [-0.05, 0) is 32.8 Å². The van der Waals surface area contributed by atoms with Gasteiger partial charge < -0.3 is 25.0 Å². The molecule has 1 aromatic rings. The zero-order valence-corrected chi connectivity index (χ0v) is 17.5. The van der Waals surface area contributed by atoms with Crippen molar-refractivity contribution in [1.29, 1.82) is 0 Å². The van der Waals surface area contributed by atoms with E-state index in [4.69, 9.17) is 21.1 Å².